The summed E-state index contributed by atoms with van der Waals surface area (Å²) in [5.41, 5.74) is 3.69. The van der Waals surface area contributed by atoms with Crippen LogP contribution in [-0.2, 0) is 16.1 Å². The van der Waals surface area contributed by atoms with Gasteiger partial charge in [0.2, 0.25) is 11.8 Å². The Morgan fingerprint density at radius 3 is 2.55 bits per heavy atom. The first-order chi connectivity index (χ1) is 16.2. The van der Waals surface area contributed by atoms with Crippen molar-refractivity contribution in [3.8, 4) is 0 Å². The topological polar surface area (TPSA) is 52.7 Å². The van der Waals surface area contributed by atoms with Gasteiger partial charge in [0.15, 0.2) is 0 Å². The number of carbonyl (C=O) groups excluding carboxylic acids is 2. The van der Waals surface area contributed by atoms with E-state index in [4.69, 9.17) is 0 Å². The van der Waals surface area contributed by atoms with Gasteiger partial charge in [0, 0.05) is 32.7 Å². The van der Waals surface area contributed by atoms with Gasteiger partial charge in [-0.3, -0.25) is 14.5 Å². The van der Waals surface area contributed by atoms with Crippen LogP contribution >= 0.6 is 0 Å². The molecule has 1 N–H and O–H groups in total. The Bertz CT molecular complexity index is 1180. The highest BCUT2D eigenvalue weighted by Gasteiger charge is 2.33. The minimum absolute atomic E-state index is 0.0448. The predicted molar refractivity (Wildman–Crippen MR) is 131 cm³/mol. The van der Waals surface area contributed by atoms with Crippen LogP contribution in [-0.4, -0.2) is 53.8 Å². The Kier molecular flexibility index (Phi) is 6.22. The average Bonchev–Trinajstić information content (AvgIpc) is 2.87. The quantitative estimate of drug-likeness (QED) is 0.657. The summed E-state index contributed by atoms with van der Waals surface area (Å²) in [6.45, 7) is 3.30. The number of amides is 2. The third kappa shape index (κ3) is 4.69. The second-order valence-electron chi connectivity index (χ2n) is 8.80. The Morgan fingerprint density at radius 1 is 0.939 bits per heavy atom. The molecular formula is C28H29N3O2. The Balaban J connectivity index is 1.28. The summed E-state index contributed by atoms with van der Waals surface area (Å²) in [4.78, 5) is 30.0. The van der Waals surface area contributed by atoms with Crippen LogP contribution in [0.3, 0.4) is 0 Å². The molecule has 1 unspecified atom stereocenters. The number of nitrogens with one attached hydrogen (secondary N) is 1. The fourth-order valence-electron chi connectivity index (χ4n) is 4.93. The van der Waals surface area contributed by atoms with Crippen molar-refractivity contribution in [3.63, 3.8) is 0 Å². The molecule has 1 saturated heterocycles. The van der Waals surface area contributed by atoms with Gasteiger partial charge in [-0.05, 0) is 33.9 Å². The van der Waals surface area contributed by atoms with E-state index in [1.807, 2.05) is 35.2 Å². The normalized spacial score (nSPS) is 19.3. The van der Waals surface area contributed by atoms with Crippen LogP contribution in [0, 0.1) is 0 Å². The fourth-order valence-corrected chi connectivity index (χ4v) is 4.93. The van der Waals surface area contributed by atoms with E-state index in [1.54, 1.807) is 0 Å². The predicted octanol–water partition coefficient (Wildman–Crippen LogP) is 3.85. The molecule has 0 bridgehead atoms. The van der Waals surface area contributed by atoms with E-state index < -0.39 is 6.04 Å². The molecule has 3 aromatic carbocycles. The molecule has 1 atom stereocenters. The molecule has 0 aromatic heterocycles. The second kappa shape index (κ2) is 9.59. The summed E-state index contributed by atoms with van der Waals surface area (Å²) in [5.74, 6) is -0.00399. The highest BCUT2D eigenvalue weighted by molar-refractivity contribution is 5.89. The Labute approximate surface area is 194 Å². The lowest BCUT2D eigenvalue weighted by molar-refractivity contribution is -0.138. The molecule has 2 aliphatic rings. The molecule has 0 spiro atoms. The van der Waals surface area contributed by atoms with Crippen molar-refractivity contribution in [2.45, 2.75) is 25.4 Å². The van der Waals surface area contributed by atoms with E-state index in [-0.39, 0.29) is 18.2 Å². The molecule has 0 radical (unpaired) electrons. The van der Waals surface area contributed by atoms with E-state index >= 15 is 0 Å². The number of benzene rings is 3. The van der Waals surface area contributed by atoms with Gasteiger partial charge in [0.25, 0.3) is 0 Å². The lowest BCUT2D eigenvalue weighted by Crippen LogP contribution is -2.56. The molecule has 5 rings (SSSR count). The van der Waals surface area contributed by atoms with E-state index in [0.29, 0.717) is 26.2 Å². The number of fused-ring (bicyclic) bond motifs is 1. The van der Waals surface area contributed by atoms with Gasteiger partial charge in [-0.15, -0.1) is 0 Å². The van der Waals surface area contributed by atoms with Crippen LogP contribution in [0.4, 0.5) is 0 Å². The largest absolute Gasteiger partial charge is 0.353 e. The highest BCUT2D eigenvalue weighted by atomic mass is 16.2. The Hall–Kier alpha value is -3.44. The summed E-state index contributed by atoms with van der Waals surface area (Å²) in [6, 6.07) is 24.5. The van der Waals surface area contributed by atoms with Crippen molar-refractivity contribution in [1.82, 2.24) is 15.1 Å². The van der Waals surface area contributed by atoms with Gasteiger partial charge in [-0.2, -0.15) is 0 Å². The van der Waals surface area contributed by atoms with Crippen LogP contribution < -0.4 is 5.32 Å². The maximum absolute atomic E-state index is 13.2. The monoisotopic (exact) mass is 439 g/mol. The highest BCUT2D eigenvalue weighted by Crippen LogP contribution is 2.25. The lowest BCUT2D eigenvalue weighted by atomic mass is 9.98. The molecule has 168 valence electrons. The van der Waals surface area contributed by atoms with E-state index in [9.17, 15) is 9.59 Å². The average molecular weight is 440 g/mol. The number of piperazine rings is 1. The Morgan fingerprint density at radius 2 is 1.73 bits per heavy atom. The van der Waals surface area contributed by atoms with E-state index in [1.165, 1.54) is 27.5 Å². The number of rotatable bonds is 5. The first kappa shape index (κ1) is 21.4. The summed E-state index contributed by atoms with van der Waals surface area (Å²) in [7, 11) is 0. The number of hydrogen-bond acceptors (Lipinski definition) is 3. The van der Waals surface area contributed by atoms with Crippen LogP contribution in [0.25, 0.3) is 16.3 Å². The van der Waals surface area contributed by atoms with Gasteiger partial charge in [-0.1, -0.05) is 78.9 Å². The molecule has 0 aliphatic carbocycles. The van der Waals surface area contributed by atoms with Crippen molar-refractivity contribution in [3.05, 3.63) is 90.0 Å². The maximum atomic E-state index is 13.2. The molecule has 3 aromatic rings. The zero-order valence-electron chi connectivity index (χ0n) is 18.7. The molecular weight excluding hydrogens is 410 g/mol. The molecule has 0 saturated carbocycles. The minimum atomic E-state index is -0.440. The van der Waals surface area contributed by atoms with Crippen molar-refractivity contribution in [2.24, 2.45) is 0 Å². The first-order valence-electron chi connectivity index (χ1n) is 11.7. The van der Waals surface area contributed by atoms with Crippen LogP contribution in [0.2, 0.25) is 0 Å². The van der Waals surface area contributed by atoms with Gasteiger partial charge in [0.1, 0.15) is 0 Å². The minimum Gasteiger partial charge on any atom is -0.353 e. The zero-order chi connectivity index (χ0) is 22.6. The zero-order valence-corrected chi connectivity index (χ0v) is 18.7. The number of hydrogen-bond donors (Lipinski definition) is 1. The first-order valence-corrected chi connectivity index (χ1v) is 11.7. The van der Waals surface area contributed by atoms with Gasteiger partial charge >= 0.3 is 0 Å². The van der Waals surface area contributed by atoms with Crippen molar-refractivity contribution >= 4 is 28.2 Å². The van der Waals surface area contributed by atoms with Crippen LogP contribution in [0.1, 0.15) is 24.0 Å². The standard InChI is InChI=1S/C28H29N3O2/c32-27(30-16-13-22(14-17-30)21-7-2-1-3-8-21)19-26-28(33)29-15-18-31(26)20-24-11-6-10-23-9-4-5-12-25(23)24/h1-13,26H,14-20H2,(H,29,33). The summed E-state index contributed by atoms with van der Waals surface area (Å²) >= 11 is 0. The molecule has 2 heterocycles. The molecule has 5 nitrogen and oxygen atoms in total. The third-order valence-electron chi connectivity index (χ3n) is 6.77. The van der Waals surface area contributed by atoms with Gasteiger partial charge < -0.3 is 10.2 Å². The maximum Gasteiger partial charge on any atom is 0.237 e. The third-order valence-corrected chi connectivity index (χ3v) is 6.77. The SMILES string of the molecule is O=C1NCCN(Cc2cccc3ccccc23)C1CC(=O)N1CC=C(c2ccccc2)CC1. The molecule has 1 fully saturated rings. The van der Waals surface area contributed by atoms with E-state index in [2.05, 4.69) is 58.8 Å². The molecule has 5 heteroatoms. The summed E-state index contributed by atoms with van der Waals surface area (Å²) in [5, 5.41) is 5.35. The molecule has 2 amide bonds. The van der Waals surface area contributed by atoms with Gasteiger partial charge in [-0.25, -0.2) is 0 Å². The number of nitrogens with zero attached hydrogens (tertiary/aromatic N) is 2. The smallest absolute Gasteiger partial charge is 0.237 e. The molecule has 33 heavy (non-hydrogen) atoms. The fraction of sp³-hybridized carbons (Fsp3) is 0.286. The van der Waals surface area contributed by atoms with Crippen LogP contribution in [0.15, 0.2) is 78.9 Å². The molecule has 2 aliphatic heterocycles. The van der Waals surface area contributed by atoms with Crippen molar-refractivity contribution in [1.29, 1.82) is 0 Å². The second-order valence-corrected chi connectivity index (χ2v) is 8.80. The van der Waals surface area contributed by atoms with Crippen LogP contribution in [0.5, 0.6) is 0 Å². The number of carbonyl (C=O) groups is 2. The van der Waals surface area contributed by atoms with Crippen molar-refractivity contribution in [2.75, 3.05) is 26.2 Å². The van der Waals surface area contributed by atoms with Gasteiger partial charge in [0.05, 0.1) is 12.5 Å². The lowest BCUT2D eigenvalue weighted by Gasteiger charge is -2.36. The summed E-state index contributed by atoms with van der Waals surface area (Å²) < 4.78 is 0. The summed E-state index contributed by atoms with van der Waals surface area (Å²) in [6.07, 6.45) is 3.20. The van der Waals surface area contributed by atoms with E-state index in [0.717, 1.165) is 13.0 Å². The van der Waals surface area contributed by atoms with Crippen molar-refractivity contribution < 1.29 is 9.59 Å².